The number of hydrogen-bond acceptors (Lipinski definition) is 5. The second-order valence-electron chi connectivity index (χ2n) is 5.80. The van der Waals surface area contributed by atoms with E-state index in [-0.39, 0.29) is 0 Å². The summed E-state index contributed by atoms with van der Waals surface area (Å²) in [6.45, 7) is 7.02. The minimum absolute atomic E-state index is 0.662. The molecule has 1 fully saturated rings. The molecule has 4 nitrogen and oxygen atoms in total. The van der Waals surface area contributed by atoms with E-state index in [1.165, 1.54) is 32.1 Å². The molecular weight excluding hydrogens is 258 g/mol. The SMILES string of the molecule is CC(C)CNCc1nnc(OCC2CCCCC2)s1. The monoisotopic (exact) mass is 283 g/mol. The summed E-state index contributed by atoms with van der Waals surface area (Å²) in [7, 11) is 0. The third-order valence-electron chi connectivity index (χ3n) is 3.44. The molecule has 1 N–H and O–H groups in total. The van der Waals surface area contributed by atoms with Gasteiger partial charge in [0.1, 0.15) is 5.01 Å². The van der Waals surface area contributed by atoms with Gasteiger partial charge in [-0.15, -0.1) is 10.2 Å². The van der Waals surface area contributed by atoms with E-state index in [4.69, 9.17) is 4.74 Å². The van der Waals surface area contributed by atoms with Crippen LogP contribution in [0, 0.1) is 11.8 Å². The van der Waals surface area contributed by atoms with Gasteiger partial charge in [0.05, 0.1) is 6.61 Å². The Morgan fingerprint density at radius 2 is 2.05 bits per heavy atom. The van der Waals surface area contributed by atoms with Crippen LogP contribution in [0.4, 0.5) is 0 Å². The molecule has 0 radical (unpaired) electrons. The van der Waals surface area contributed by atoms with Crippen LogP contribution in [0.3, 0.4) is 0 Å². The van der Waals surface area contributed by atoms with Gasteiger partial charge in [0.25, 0.3) is 5.19 Å². The fourth-order valence-corrected chi connectivity index (χ4v) is 3.04. The summed E-state index contributed by atoms with van der Waals surface area (Å²) in [5.74, 6) is 1.38. The normalized spacial score (nSPS) is 17.0. The summed E-state index contributed by atoms with van der Waals surface area (Å²) in [4.78, 5) is 0. The number of ether oxygens (including phenoxy) is 1. The lowest BCUT2D eigenvalue weighted by Gasteiger charge is -2.20. The van der Waals surface area contributed by atoms with E-state index in [0.717, 1.165) is 35.8 Å². The van der Waals surface area contributed by atoms with Gasteiger partial charge in [0.2, 0.25) is 0 Å². The molecule has 0 unspecified atom stereocenters. The molecule has 1 aromatic rings. The van der Waals surface area contributed by atoms with Crippen LogP contribution in [-0.2, 0) is 6.54 Å². The minimum atomic E-state index is 0.662. The first-order valence-corrected chi connectivity index (χ1v) is 8.21. The highest BCUT2D eigenvalue weighted by Crippen LogP contribution is 2.25. The molecule has 1 saturated carbocycles. The zero-order valence-corrected chi connectivity index (χ0v) is 12.8. The lowest BCUT2D eigenvalue weighted by Crippen LogP contribution is -2.18. The first kappa shape index (κ1) is 14.7. The van der Waals surface area contributed by atoms with Crippen LogP contribution in [0.1, 0.15) is 51.0 Å². The van der Waals surface area contributed by atoms with Crippen LogP contribution in [0.2, 0.25) is 0 Å². The smallest absolute Gasteiger partial charge is 0.294 e. The van der Waals surface area contributed by atoms with Crippen molar-refractivity contribution in [2.75, 3.05) is 13.2 Å². The Hall–Kier alpha value is -0.680. The van der Waals surface area contributed by atoms with Crippen molar-refractivity contribution in [2.45, 2.75) is 52.5 Å². The maximum Gasteiger partial charge on any atom is 0.294 e. The number of nitrogens with zero attached hydrogens (tertiary/aromatic N) is 2. The van der Waals surface area contributed by atoms with Crippen molar-refractivity contribution >= 4 is 11.3 Å². The molecule has 19 heavy (non-hydrogen) atoms. The molecular formula is C14H25N3OS. The molecule has 108 valence electrons. The van der Waals surface area contributed by atoms with E-state index in [9.17, 15) is 0 Å². The summed E-state index contributed by atoms with van der Waals surface area (Å²) in [6.07, 6.45) is 6.72. The summed E-state index contributed by atoms with van der Waals surface area (Å²) in [5, 5.41) is 13.4. The highest BCUT2D eigenvalue weighted by Gasteiger charge is 2.15. The van der Waals surface area contributed by atoms with Crippen LogP contribution in [0.5, 0.6) is 5.19 Å². The van der Waals surface area contributed by atoms with Crippen LogP contribution < -0.4 is 10.1 Å². The second kappa shape index (κ2) is 7.80. The third-order valence-corrected chi connectivity index (χ3v) is 4.28. The Labute approximate surface area is 120 Å². The van der Waals surface area contributed by atoms with Crippen LogP contribution in [0.15, 0.2) is 0 Å². The van der Waals surface area contributed by atoms with Gasteiger partial charge in [-0.25, -0.2) is 0 Å². The molecule has 1 aliphatic rings. The van der Waals surface area contributed by atoms with Crippen molar-refractivity contribution in [3.63, 3.8) is 0 Å². The van der Waals surface area contributed by atoms with Gasteiger partial charge in [-0.2, -0.15) is 0 Å². The van der Waals surface area contributed by atoms with Gasteiger partial charge in [0, 0.05) is 6.54 Å². The first-order chi connectivity index (χ1) is 9.24. The average Bonchev–Trinajstić information content (AvgIpc) is 2.85. The summed E-state index contributed by atoms with van der Waals surface area (Å²) >= 11 is 1.57. The molecule has 0 aliphatic heterocycles. The van der Waals surface area contributed by atoms with E-state index in [1.807, 2.05) is 0 Å². The summed E-state index contributed by atoms with van der Waals surface area (Å²) < 4.78 is 5.77. The van der Waals surface area contributed by atoms with Gasteiger partial charge in [-0.3, -0.25) is 0 Å². The molecule has 1 aromatic heterocycles. The minimum Gasteiger partial charge on any atom is -0.469 e. The first-order valence-electron chi connectivity index (χ1n) is 7.40. The Balaban J connectivity index is 1.68. The van der Waals surface area contributed by atoms with Crippen molar-refractivity contribution in [3.8, 4) is 5.19 Å². The molecule has 1 aliphatic carbocycles. The number of aromatic nitrogens is 2. The molecule has 0 atom stereocenters. The van der Waals surface area contributed by atoms with Crippen LogP contribution in [-0.4, -0.2) is 23.3 Å². The molecule has 0 aromatic carbocycles. The lowest BCUT2D eigenvalue weighted by molar-refractivity contribution is 0.207. The quantitative estimate of drug-likeness (QED) is 0.834. The summed E-state index contributed by atoms with van der Waals surface area (Å²) in [5.41, 5.74) is 0. The van der Waals surface area contributed by atoms with Crippen LogP contribution in [0.25, 0.3) is 0 Å². The van der Waals surface area contributed by atoms with E-state index < -0.39 is 0 Å². The zero-order valence-electron chi connectivity index (χ0n) is 12.0. The van der Waals surface area contributed by atoms with E-state index >= 15 is 0 Å². The second-order valence-corrected chi connectivity index (χ2v) is 6.83. The fourth-order valence-electron chi connectivity index (χ4n) is 2.38. The maximum absolute atomic E-state index is 5.77. The Kier molecular flexibility index (Phi) is 6.04. The van der Waals surface area contributed by atoms with Gasteiger partial charge in [-0.1, -0.05) is 44.4 Å². The van der Waals surface area contributed by atoms with Gasteiger partial charge in [0.15, 0.2) is 0 Å². The zero-order chi connectivity index (χ0) is 13.5. The Morgan fingerprint density at radius 1 is 1.26 bits per heavy atom. The van der Waals surface area contributed by atoms with E-state index in [0.29, 0.717) is 5.92 Å². The van der Waals surface area contributed by atoms with E-state index in [1.54, 1.807) is 11.3 Å². The van der Waals surface area contributed by atoms with Crippen molar-refractivity contribution in [1.82, 2.24) is 15.5 Å². The number of nitrogens with one attached hydrogen (secondary N) is 1. The fraction of sp³-hybridized carbons (Fsp3) is 0.857. The predicted octanol–water partition coefficient (Wildman–Crippen LogP) is 3.24. The van der Waals surface area contributed by atoms with Gasteiger partial charge < -0.3 is 10.1 Å². The highest BCUT2D eigenvalue weighted by atomic mass is 32.1. The Morgan fingerprint density at radius 3 is 2.79 bits per heavy atom. The molecule has 0 saturated heterocycles. The highest BCUT2D eigenvalue weighted by molar-refractivity contribution is 7.13. The third kappa shape index (κ3) is 5.45. The molecule has 0 spiro atoms. The predicted molar refractivity (Wildman–Crippen MR) is 78.5 cm³/mol. The lowest BCUT2D eigenvalue weighted by atomic mass is 9.90. The van der Waals surface area contributed by atoms with Crippen LogP contribution >= 0.6 is 11.3 Å². The molecule has 1 heterocycles. The summed E-state index contributed by atoms with van der Waals surface area (Å²) in [6, 6.07) is 0. The van der Waals surface area contributed by atoms with Gasteiger partial charge >= 0.3 is 0 Å². The van der Waals surface area contributed by atoms with Crippen molar-refractivity contribution in [1.29, 1.82) is 0 Å². The Bertz CT molecular complexity index is 361. The van der Waals surface area contributed by atoms with E-state index in [2.05, 4.69) is 29.4 Å². The molecule has 2 rings (SSSR count). The molecule has 0 amide bonds. The average molecular weight is 283 g/mol. The molecule has 5 heteroatoms. The van der Waals surface area contributed by atoms with Gasteiger partial charge in [-0.05, 0) is 31.2 Å². The van der Waals surface area contributed by atoms with Crippen molar-refractivity contribution < 1.29 is 4.74 Å². The van der Waals surface area contributed by atoms with Crippen molar-refractivity contribution in [2.24, 2.45) is 11.8 Å². The van der Waals surface area contributed by atoms with Crippen molar-refractivity contribution in [3.05, 3.63) is 5.01 Å². The number of rotatable bonds is 7. The topological polar surface area (TPSA) is 47.0 Å². The largest absolute Gasteiger partial charge is 0.469 e. The maximum atomic E-state index is 5.77. The number of hydrogen-bond donors (Lipinski definition) is 1. The molecule has 0 bridgehead atoms. The standard InChI is InChI=1S/C14H25N3OS/c1-11(2)8-15-9-13-16-17-14(19-13)18-10-12-6-4-3-5-7-12/h11-12,15H,3-10H2,1-2H3.